The molecule has 0 aromatic heterocycles. The monoisotopic (exact) mass is 470 g/mol. The Labute approximate surface area is 175 Å². The van der Waals surface area contributed by atoms with Crippen molar-refractivity contribution in [3.8, 4) is 0 Å². The first-order valence-electron chi connectivity index (χ1n) is 8.31. The summed E-state index contributed by atoms with van der Waals surface area (Å²) < 4.78 is 0.543. The van der Waals surface area contributed by atoms with Crippen molar-refractivity contribution >= 4 is 50.9 Å². The van der Waals surface area contributed by atoms with Crippen LogP contribution in [-0.4, -0.2) is 40.5 Å². The van der Waals surface area contributed by atoms with Crippen LogP contribution in [0.3, 0.4) is 0 Å². The van der Waals surface area contributed by atoms with E-state index in [-0.39, 0.29) is 24.8 Å². The second kappa shape index (κ2) is 8.61. The number of aliphatic hydroxyl groups excluding tert-OH is 1. The summed E-state index contributed by atoms with van der Waals surface area (Å²) in [5.74, 6) is -0.637. The lowest BCUT2D eigenvalue weighted by atomic mass is 10.1. The molecular weight excluding hydrogens is 455 g/mol. The molecule has 142 valence electrons. The molecule has 5 nitrogen and oxygen atoms in total. The fourth-order valence-corrected chi connectivity index (χ4v) is 3.99. The molecule has 2 atom stereocenters. The summed E-state index contributed by atoms with van der Waals surface area (Å²) in [4.78, 5) is 26.9. The molecule has 2 aromatic rings. The summed E-state index contributed by atoms with van der Waals surface area (Å²) in [6.45, 7) is 0.419. The molecule has 2 aromatic carbocycles. The lowest BCUT2D eigenvalue weighted by Gasteiger charge is -2.24. The molecule has 1 saturated heterocycles. The molecule has 2 amide bonds. The zero-order chi connectivity index (χ0) is 19.6. The van der Waals surface area contributed by atoms with Gasteiger partial charge in [0.25, 0.3) is 5.91 Å². The van der Waals surface area contributed by atoms with E-state index in [2.05, 4.69) is 21.2 Å². The van der Waals surface area contributed by atoms with Crippen molar-refractivity contribution in [3.05, 3.63) is 68.1 Å². The van der Waals surface area contributed by atoms with Crippen LogP contribution in [0.5, 0.6) is 0 Å². The molecule has 0 unspecified atom stereocenters. The highest BCUT2D eigenvalue weighted by Gasteiger charge is 2.39. The third kappa shape index (κ3) is 4.82. The van der Waals surface area contributed by atoms with E-state index in [0.29, 0.717) is 26.6 Å². The van der Waals surface area contributed by atoms with Gasteiger partial charge in [0.05, 0.1) is 11.7 Å². The number of hydrogen-bond donors (Lipinski definition) is 2. The molecule has 27 heavy (non-hydrogen) atoms. The van der Waals surface area contributed by atoms with Crippen molar-refractivity contribution in [2.75, 3.05) is 6.54 Å². The zero-order valence-corrected chi connectivity index (χ0v) is 17.3. The number of likely N-dealkylation sites (tertiary alicyclic amines) is 1. The Kier molecular flexibility index (Phi) is 6.42. The standard InChI is InChI=1S/C19H17BrCl2N2O3/c20-16-7-13(22)5-6-15(16)19(27)24-10-14(25)8-17(24)18(26)23-9-11-1-3-12(21)4-2-11/h1-7,14,17,25H,8-10H2,(H,23,26)/t14-,17+/m1/s1. The normalized spacial score (nSPS) is 19.2. The number of aliphatic hydroxyl groups is 1. The number of carbonyl (C=O) groups is 2. The first-order valence-corrected chi connectivity index (χ1v) is 9.86. The first kappa shape index (κ1) is 20.1. The summed E-state index contributed by atoms with van der Waals surface area (Å²) >= 11 is 15.1. The van der Waals surface area contributed by atoms with Gasteiger partial charge in [0, 0.05) is 34.0 Å². The Balaban J connectivity index is 1.72. The van der Waals surface area contributed by atoms with Crippen LogP contribution in [0.2, 0.25) is 10.0 Å². The molecule has 1 aliphatic heterocycles. The van der Waals surface area contributed by atoms with Gasteiger partial charge in [-0.2, -0.15) is 0 Å². The smallest absolute Gasteiger partial charge is 0.255 e. The van der Waals surface area contributed by atoms with E-state index in [1.165, 1.54) is 4.90 Å². The van der Waals surface area contributed by atoms with E-state index in [1.807, 2.05) is 12.1 Å². The summed E-state index contributed by atoms with van der Waals surface area (Å²) in [5.41, 5.74) is 1.29. The fourth-order valence-electron chi connectivity index (χ4n) is 3.01. The predicted octanol–water partition coefficient (Wildman–Crippen LogP) is 3.65. The quantitative estimate of drug-likeness (QED) is 0.715. The molecule has 0 saturated carbocycles. The van der Waals surface area contributed by atoms with Crippen LogP contribution < -0.4 is 5.32 Å². The average Bonchev–Trinajstić information content (AvgIpc) is 3.02. The highest BCUT2D eigenvalue weighted by molar-refractivity contribution is 9.10. The molecular formula is C19H17BrCl2N2O3. The SMILES string of the molecule is O=C(NCc1ccc(Cl)cc1)[C@@H]1C[C@@H](O)CN1C(=O)c1ccc(Cl)cc1Br. The van der Waals surface area contributed by atoms with Crippen LogP contribution in [0.4, 0.5) is 0 Å². The Hall–Kier alpha value is -1.60. The van der Waals surface area contributed by atoms with E-state index in [0.717, 1.165) is 5.56 Å². The van der Waals surface area contributed by atoms with Crippen LogP contribution in [-0.2, 0) is 11.3 Å². The maximum absolute atomic E-state index is 12.9. The molecule has 0 radical (unpaired) electrons. The summed E-state index contributed by atoms with van der Waals surface area (Å²) in [7, 11) is 0. The van der Waals surface area contributed by atoms with Crippen molar-refractivity contribution in [1.82, 2.24) is 10.2 Å². The van der Waals surface area contributed by atoms with Crippen LogP contribution >= 0.6 is 39.1 Å². The average molecular weight is 472 g/mol. The molecule has 2 N–H and O–H groups in total. The molecule has 8 heteroatoms. The number of halogens is 3. The minimum absolute atomic E-state index is 0.104. The second-order valence-electron chi connectivity index (χ2n) is 6.33. The summed E-state index contributed by atoms with van der Waals surface area (Å²) in [5, 5.41) is 14.0. The van der Waals surface area contributed by atoms with Gasteiger partial charge in [-0.05, 0) is 51.8 Å². The van der Waals surface area contributed by atoms with Crippen LogP contribution in [0, 0.1) is 0 Å². The van der Waals surface area contributed by atoms with Gasteiger partial charge in [-0.15, -0.1) is 0 Å². The summed E-state index contributed by atoms with van der Waals surface area (Å²) in [6.07, 6.45) is -0.546. The molecule has 1 aliphatic rings. The number of nitrogens with one attached hydrogen (secondary N) is 1. The minimum Gasteiger partial charge on any atom is -0.391 e. The van der Waals surface area contributed by atoms with E-state index < -0.39 is 12.1 Å². The van der Waals surface area contributed by atoms with Gasteiger partial charge >= 0.3 is 0 Å². The summed E-state index contributed by atoms with van der Waals surface area (Å²) in [6, 6.07) is 11.2. The van der Waals surface area contributed by atoms with Gasteiger partial charge in [0.1, 0.15) is 6.04 Å². The van der Waals surface area contributed by atoms with Crippen LogP contribution in [0.1, 0.15) is 22.3 Å². The lowest BCUT2D eigenvalue weighted by molar-refractivity contribution is -0.125. The first-order chi connectivity index (χ1) is 12.8. The van der Waals surface area contributed by atoms with Crippen LogP contribution in [0.15, 0.2) is 46.9 Å². The molecule has 1 fully saturated rings. The third-order valence-electron chi connectivity index (χ3n) is 4.38. The zero-order valence-electron chi connectivity index (χ0n) is 14.2. The van der Waals surface area contributed by atoms with E-state index in [4.69, 9.17) is 23.2 Å². The molecule has 0 spiro atoms. The maximum Gasteiger partial charge on any atom is 0.255 e. The fraction of sp³-hybridized carbons (Fsp3) is 0.263. The predicted molar refractivity (Wildman–Crippen MR) is 108 cm³/mol. The topological polar surface area (TPSA) is 69.6 Å². The largest absolute Gasteiger partial charge is 0.391 e. The molecule has 0 bridgehead atoms. The van der Waals surface area contributed by atoms with Gasteiger partial charge in [-0.1, -0.05) is 35.3 Å². The minimum atomic E-state index is -0.744. The Morgan fingerprint density at radius 3 is 2.48 bits per heavy atom. The van der Waals surface area contributed by atoms with Crippen molar-refractivity contribution in [1.29, 1.82) is 0 Å². The van der Waals surface area contributed by atoms with Crippen molar-refractivity contribution in [3.63, 3.8) is 0 Å². The van der Waals surface area contributed by atoms with Gasteiger partial charge < -0.3 is 15.3 Å². The number of rotatable bonds is 4. The van der Waals surface area contributed by atoms with Gasteiger partial charge in [-0.25, -0.2) is 0 Å². The van der Waals surface area contributed by atoms with E-state index >= 15 is 0 Å². The number of amides is 2. The Morgan fingerprint density at radius 1 is 1.15 bits per heavy atom. The lowest BCUT2D eigenvalue weighted by Crippen LogP contribution is -2.45. The van der Waals surface area contributed by atoms with Crippen molar-refractivity contribution in [2.45, 2.75) is 25.1 Å². The van der Waals surface area contributed by atoms with E-state index in [1.54, 1.807) is 30.3 Å². The van der Waals surface area contributed by atoms with Crippen molar-refractivity contribution in [2.24, 2.45) is 0 Å². The number of hydrogen-bond acceptors (Lipinski definition) is 3. The highest BCUT2D eigenvalue weighted by Crippen LogP contribution is 2.27. The third-order valence-corrected chi connectivity index (χ3v) is 5.53. The van der Waals surface area contributed by atoms with Gasteiger partial charge in [0.2, 0.25) is 5.91 Å². The van der Waals surface area contributed by atoms with Crippen LogP contribution in [0.25, 0.3) is 0 Å². The number of carbonyl (C=O) groups excluding carboxylic acids is 2. The molecule has 3 rings (SSSR count). The van der Waals surface area contributed by atoms with E-state index in [9.17, 15) is 14.7 Å². The number of benzene rings is 2. The molecule has 0 aliphatic carbocycles. The number of β-amino-alcohol motifs (C(OH)–C–C–N with tert-alkyl or cyclic N) is 1. The Morgan fingerprint density at radius 2 is 1.81 bits per heavy atom. The number of nitrogens with zero attached hydrogens (tertiary/aromatic N) is 1. The molecule has 1 heterocycles. The van der Waals surface area contributed by atoms with Gasteiger partial charge in [0.15, 0.2) is 0 Å². The second-order valence-corrected chi connectivity index (χ2v) is 8.06. The Bertz CT molecular complexity index is 861. The maximum atomic E-state index is 12.9. The van der Waals surface area contributed by atoms with Crippen molar-refractivity contribution < 1.29 is 14.7 Å². The highest BCUT2D eigenvalue weighted by atomic mass is 79.9. The van der Waals surface area contributed by atoms with Gasteiger partial charge in [-0.3, -0.25) is 9.59 Å².